The SMILES string of the molecule is CCn1cc(CNC2CCC2)c2ccc(F)cc21. The topological polar surface area (TPSA) is 17.0 Å². The molecule has 0 radical (unpaired) electrons. The van der Waals surface area contributed by atoms with Gasteiger partial charge in [0.15, 0.2) is 0 Å². The van der Waals surface area contributed by atoms with Crippen LogP contribution in [-0.4, -0.2) is 10.6 Å². The fourth-order valence-electron chi connectivity index (χ4n) is 2.61. The molecule has 1 aliphatic rings. The molecule has 1 aliphatic carbocycles. The van der Waals surface area contributed by atoms with Crippen LogP contribution in [0.3, 0.4) is 0 Å². The maximum atomic E-state index is 13.3. The Labute approximate surface area is 107 Å². The summed E-state index contributed by atoms with van der Waals surface area (Å²) < 4.78 is 15.4. The molecule has 3 rings (SSSR count). The first-order valence-corrected chi connectivity index (χ1v) is 6.78. The van der Waals surface area contributed by atoms with E-state index in [1.165, 1.54) is 30.2 Å². The zero-order chi connectivity index (χ0) is 12.5. The van der Waals surface area contributed by atoms with Gasteiger partial charge in [0, 0.05) is 30.7 Å². The van der Waals surface area contributed by atoms with E-state index in [2.05, 4.69) is 23.0 Å². The number of benzene rings is 1. The van der Waals surface area contributed by atoms with E-state index in [4.69, 9.17) is 0 Å². The molecule has 0 spiro atoms. The minimum Gasteiger partial charge on any atom is -0.347 e. The molecule has 0 aliphatic heterocycles. The third kappa shape index (κ3) is 2.03. The molecular formula is C15H19FN2. The van der Waals surface area contributed by atoms with Crippen molar-refractivity contribution in [2.75, 3.05) is 0 Å². The van der Waals surface area contributed by atoms with Gasteiger partial charge in [-0.1, -0.05) is 6.42 Å². The molecule has 0 saturated heterocycles. The molecule has 1 fully saturated rings. The van der Waals surface area contributed by atoms with E-state index in [9.17, 15) is 4.39 Å². The zero-order valence-electron chi connectivity index (χ0n) is 10.7. The Morgan fingerprint density at radius 1 is 1.39 bits per heavy atom. The van der Waals surface area contributed by atoms with Crippen molar-refractivity contribution in [1.29, 1.82) is 0 Å². The fourth-order valence-corrected chi connectivity index (χ4v) is 2.61. The summed E-state index contributed by atoms with van der Waals surface area (Å²) >= 11 is 0. The lowest BCUT2D eigenvalue weighted by molar-refractivity contribution is 0.338. The second-order valence-electron chi connectivity index (χ2n) is 5.11. The first-order chi connectivity index (χ1) is 8.78. The van der Waals surface area contributed by atoms with Gasteiger partial charge in [0.1, 0.15) is 5.82 Å². The standard InChI is InChI=1S/C15H19FN2/c1-2-18-10-11(9-17-13-4-3-5-13)14-7-6-12(16)8-15(14)18/h6-8,10,13,17H,2-5,9H2,1H3. The summed E-state index contributed by atoms with van der Waals surface area (Å²) in [5.41, 5.74) is 2.28. The molecule has 2 nitrogen and oxygen atoms in total. The molecule has 1 heterocycles. The van der Waals surface area contributed by atoms with E-state index < -0.39 is 0 Å². The molecular weight excluding hydrogens is 227 g/mol. The van der Waals surface area contributed by atoms with Gasteiger partial charge in [-0.05, 0) is 43.5 Å². The Balaban J connectivity index is 1.90. The molecule has 1 saturated carbocycles. The van der Waals surface area contributed by atoms with Gasteiger partial charge in [-0.25, -0.2) is 4.39 Å². The average Bonchev–Trinajstić information content (AvgIpc) is 2.65. The van der Waals surface area contributed by atoms with Gasteiger partial charge < -0.3 is 9.88 Å². The maximum absolute atomic E-state index is 13.3. The molecule has 0 amide bonds. The summed E-state index contributed by atoms with van der Waals surface area (Å²) in [4.78, 5) is 0. The molecule has 18 heavy (non-hydrogen) atoms. The van der Waals surface area contributed by atoms with Crippen LogP contribution in [0.2, 0.25) is 0 Å². The van der Waals surface area contributed by atoms with E-state index in [-0.39, 0.29) is 5.82 Å². The van der Waals surface area contributed by atoms with Crippen LogP contribution in [-0.2, 0) is 13.1 Å². The number of fused-ring (bicyclic) bond motifs is 1. The van der Waals surface area contributed by atoms with Crippen molar-refractivity contribution in [1.82, 2.24) is 9.88 Å². The first-order valence-electron chi connectivity index (χ1n) is 6.78. The average molecular weight is 246 g/mol. The lowest BCUT2D eigenvalue weighted by Crippen LogP contribution is -2.34. The highest BCUT2D eigenvalue weighted by Gasteiger charge is 2.17. The lowest BCUT2D eigenvalue weighted by atomic mass is 9.93. The quantitative estimate of drug-likeness (QED) is 0.874. The summed E-state index contributed by atoms with van der Waals surface area (Å²) in [5.74, 6) is -0.159. The predicted molar refractivity (Wildman–Crippen MR) is 72.0 cm³/mol. The highest BCUT2D eigenvalue weighted by Crippen LogP contribution is 2.24. The number of rotatable bonds is 4. The second kappa shape index (κ2) is 4.73. The third-order valence-corrected chi connectivity index (χ3v) is 3.95. The number of halogens is 1. The van der Waals surface area contributed by atoms with Crippen molar-refractivity contribution < 1.29 is 4.39 Å². The van der Waals surface area contributed by atoms with Crippen molar-refractivity contribution >= 4 is 10.9 Å². The minimum absolute atomic E-state index is 0.159. The number of hydrogen-bond donors (Lipinski definition) is 1. The van der Waals surface area contributed by atoms with Crippen LogP contribution in [0.5, 0.6) is 0 Å². The third-order valence-electron chi connectivity index (χ3n) is 3.95. The fraction of sp³-hybridized carbons (Fsp3) is 0.467. The summed E-state index contributed by atoms with van der Waals surface area (Å²) in [6.45, 7) is 3.86. The van der Waals surface area contributed by atoms with Gasteiger partial charge in [-0.3, -0.25) is 0 Å². The van der Waals surface area contributed by atoms with Crippen LogP contribution in [0.25, 0.3) is 10.9 Å². The van der Waals surface area contributed by atoms with E-state index in [0.717, 1.165) is 18.6 Å². The molecule has 1 aromatic carbocycles. The van der Waals surface area contributed by atoms with Crippen molar-refractivity contribution in [2.45, 2.75) is 45.3 Å². The highest BCUT2D eigenvalue weighted by molar-refractivity contribution is 5.84. The predicted octanol–water partition coefficient (Wildman–Crippen LogP) is 3.44. The minimum atomic E-state index is -0.159. The van der Waals surface area contributed by atoms with Gasteiger partial charge in [-0.15, -0.1) is 0 Å². The Morgan fingerprint density at radius 2 is 2.22 bits per heavy atom. The summed E-state index contributed by atoms with van der Waals surface area (Å²) in [6, 6.07) is 5.76. The Hall–Kier alpha value is -1.35. The van der Waals surface area contributed by atoms with Gasteiger partial charge >= 0.3 is 0 Å². The second-order valence-corrected chi connectivity index (χ2v) is 5.11. The van der Waals surface area contributed by atoms with E-state index in [0.29, 0.717) is 6.04 Å². The monoisotopic (exact) mass is 246 g/mol. The summed E-state index contributed by atoms with van der Waals surface area (Å²) in [5, 5.41) is 4.74. The van der Waals surface area contributed by atoms with Crippen molar-refractivity contribution in [3.8, 4) is 0 Å². The number of nitrogens with zero attached hydrogens (tertiary/aromatic N) is 1. The van der Waals surface area contributed by atoms with Crippen LogP contribution in [0.1, 0.15) is 31.7 Å². The zero-order valence-corrected chi connectivity index (χ0v) is 10.7. The Morgan fingerprint density at radius 3 is 2.89 bits per heavy atom. The van der Waals surface area contributed by atoms with Gasteiger partial charge in [0.25, 0.3) is 0 Å². The number of aryl methyl sites for hydroxylation is 1. The number of hydrogen-bond acceptors (Lipinski definition) is 1. The van der Waals surface area contributed by atoms with Crippen molar-refractivity contribution in [3.63, 3.8) is 0 Å². The van der Waals surface area contributed by atoms with Crippen LogP contribution < -0.4 is 5.32 Å². The van der Waals surface area contributed by atoms with Crippen LogP contribution in [0, 0.1) is 5.82 Å². The van der Waals surface area contributed by atoms with E-state index >= 15 is 0 Å². The lowest BCUT2D eigenvalue weighted by Gasteiger charge is -2.26. The Kier molecular flexibility index (Phi) is 3.08. The van der Waals surface area contributed by atoms with Gasteiger partial charge in [-0.2, -0.15) is 0 Å². The van der Waals surface area contributed by atoms with Crippen molar-refractivity contribution in [2.24, 2.45) is 0 Å². The van der Waals surface area contributed by atoms with Crippen LogP contribution >= 0.6 is 0 Å². The molecule has 2 aromatic rings. The van der Waals surface area contributed by atoms with Crippen LogP contribution in [0.15, 0.2) is 24.4 Å². The number of nitrogens with one attached hydrogen (secondary N) is 1. The number of aromatic nitrogens is 1. The molecule has 3 heteroatoms. The van der Waals surface area contributed by atoms with Crippen molar-refractivity contribution in [3.05, 3.63) is 35.8 Å². The van der Waals surface area contributed by atoms with Crippen LogP contribution in [0.4, 0.5) is 4.39 Å². The summed E-state index contributed by atoms with van der Waals surface area (Å²) in [7, 11) is 0. The maximum Gasteiger partial charge on any atom is 0.125 e. The molecule has 1 aromatic heterocycles. The first kappa shape index (κ1) is 11.7. The van der Waals surface area contributed by atoms with Gasteiger partial charge in [0.2, 0.25) is 0 Å². The molecule has 0 unspecified atom stereocenters. The van der Waals surface area contributed by atoms with E-state index in [1.54, 1.807) is 12.1 Å². The highest BCUT2D eigenvalue weighted by atomic mass is 19.1. The molecule has 0 atom stereocenters. The van der Waals surface area contributed by atoms with E-state index in [1.807, 2.05) is 6.07 Å². The molecule has 96 valence electrons. The van der Waals surface area contributed by atoms with Gasteiger partial charge in [0.05, 0.1) is 5.52 Å². The largest absolute Gasteiger partial charge is 0.347 e. The smallest absolute Gasteiger partial charge is 0.125 e. The Bertz CT molecular complexity index is 555. The normalized spacial score (nSPS) is 16.1. The molecule has 1 N–H and O–H groups in total. The summed E-state index contributed by atoms with van der Waals surface area (Å²) in [6.07, 6.45) is 6.08. The molecule has 0 bridgehead atoms.